The molecule has 0 saturated heterocycles. The zero-order valence-corrected chi connectivity index (χ0v) is 15.6. The van der Waals surface area contributed by atoms with Crippen LogP contribution in [0.4, 0.5) is 4.79 Å². The maximum atomic E-state index is 12.5. The van der Waals surface area contributed by atoms with E-state index in [1.807, 2.05) is 37.3 Å². The molecule has 1 atom stereocenters. The fraction of sp³-hybridized carbons (Fsp3) is 0.444. The van der Waals surface area contributed by atoms with Crippen LogP contribution >= 0.6 is 15.9 Å². The minimum Gasteiger partial charge on any atom is -0.463 e. The number of ether oxygens (including phenoxy) is 1. The summed E-state index contributed by atoms with van der Waals surface area (Å²) in [5, 5.41) is 3.84. The lowest BCUT2D eigenvalue weighted by molar-refractivity contribution is -0.139. The van der Waals surface area contributed by atoms with Gasteiger partial charge in [-0.2, -0.15) is 0 Å². The Hall–Kier alpha value is -1.82. The van der Waals surface area contributed by atoms with Crippen LogP contribution in [-0.2, 0) is 9.53 Å². The first-order valence-electron chi connectivity index (χ1n) is 8.17. The Labute approximate surface area is 151 Å². The Balaban J connectivity index is 2.38. The van der Waals surface area contributed by atoms with E-state index in [2.05, 4.69) is 21.2 Å². The number of urea groups is 1. The first-order valence-corrected chi connectivity index (χ1v) is 9.29. The van der Waals surface area contributed by atoms with Crippen LogP contribution in [0.1, 0.15) is 38.3 Å². The summed E-state index contributed by atoms with van der Waals surface area (Å²) in [5.41, 5.74) is 2.04. The zero-order chi connectivity index (χ0) is 17.5. The Morgan fingerprint density at radius 1 is 1.29 bits per heavy atom. The summed E-state index contributed by atoms with van der Waals surface area (Å²) in [6.45, 7) is 4.47. The van der Waals surface area contributed by atoms with Crippen molar-refractivity contribution < 1.29 is 14.3 Å². The molecule has 0 fully saturated rings. The highest BCUT2D eigenvalue weighted by Gasteiger charge is 2.35. The number of carbonyl (C=O) groups excluding carboxylic acids is 2. The number of unbranched alkanes of at least 4 members (excludes halogenated alkanes) is 1. The number of carbonyl (C=O) groups is 2. The van der Waals surface area contributed by atoms with Gasteiger partial charge in [-0.05, 0) is 32.3 Å². The van der Waals surface area contributed by atoms with Crippen molar-refractivity contribution >= 4 is 27.9 Å². The van der Waals surface area contributed by atoms with Crippen molar-refractivity contribution in [2.24, 2.45) is 0 Å². The molecule has 0 radical (unpaired) electrons. The first kappa shape index (κ1) is 18.5. The maximum Gasteiger partial charge on any atom is 0.338 e. The molecule has 1 heterocycles. The van der Waals surface area contributed by atoms with Crippen molar-refractivity contribution in [2.45, 2.75) is 32.7 Å². The number of halogens is 1. The molecule has 0 aromatic heterocycles. The van der Waals surface area contributed by atoms with Gasteiger partial charge in [0, 0.05) is 17.6 Å². The molecule has 0 saturated carbocycles. The van der Waals surface area contributed by atoms with Crippen molar-refractivity contribution in [3.05, 3.63) is 47.2 Å². The molecule has 0 bridgehead atoms. The van der Waals surface area contributed by atoms with Crippen molar-refractivity contribution in [1.82, 2.24) is 10.2 Å². The fourth-order valence-corrected chi connectivity index (χ4v) is 3.18. The first-order chi connectivity index (χ1) is 11.6. The number of benzene rings is 1. The van der Waals surface area contributed by atoms with E-state index in [1.165, 1.54) is 0 Å². The van der Waals surface area contributed by atoms with E-state index in [0.717, 1.165) is 23.7 Å². The molecule has 1 aliphatic heterocycles. The summed E-state index contributed by atoms with van der Waals surface area (Å²) in [6.07, 6.45) is 1.83. The third-order valence-electron chi connectivity index (χ3n) is 3.99. The lowest BCUT2D eigenvalue weighted by Crippen LogP contribution is -2.48. The second-order valence-corrected chi connectivity index (χ2v) is 6.35. The number of nitrogens with one attached hydrogen (secondary N) is 1. The molecule has 1 aromatic carbocycles. The van der Waals surface area contributed by atoms with Gasteiger partial charge >= 0.3 is 12.0 Å². The van der Waals surface area contributed by atoms with Gasteiger partial charge in [0.15, 0.2) is 0 Å². The van der Waals surface area contributed by atoms with Gasteiger partial charge in [0.1, 0.15) is 0 Å². The molecule has 0 aliphatic carbocycles. The number of hydrogen-bond acceptors (Lipinski definition) is 3. The third kappa shape index (κ3) is 4.17. The molecule has 130 valence electrons. The third-order valence-corrected chi connectivity index (χ3v) is 4.55. The van der Waals surface area contributed by atoms with Gasteiger partial charge in [0.05, 0.1) is 18.2 Å². The van der Waals surface area contributed by atoms with E-state index in [-0.39, 0.29) is 12.0 Å². The van der Waals surface area contributed by atoms with E-state index >= 15 is 0 Å². The highest BCUT2D eigenvalue weighted by molar-refractivity contribution is 9.09. The van der Waals surface area contributed by atoms with Crippen molar-refractivity contribution in [1.29, 1.82) is 0 Å². The minimum absolute atomic E-state index is 0.177. The summed E-state index contributed by atoms with van der Waals surface area (Å²) < 4.78 is 5.23. The normalized spacial score (nSPS) is 17.7. The number of hydrogen-bond donors (Lipinski definition) is 1. The standard InChI is InChI=1S/C18H23BrN2O3/c1-3-24-17(22)15-13(2)21(12-8-7-11-19)18(23)20-16(15)14-9-5-4-6-10-14/h4-6,9-10,16H,3,7-8,11-12H2,1-2H3,(H,20,23). The second-order valence-electron chi connectivity index (χ2n) is 5.56. The highest BCUT2D eigenvalue weighted by atomic mass is 79.9. The maximum absolute atomic E-state index is 12.5. The Bertz CT molecular complexity index is 616. The van der Waals surface area contributed by atoms with Gasteiger partial charge in [-0.3, -0.25) is 4.90 Å². The molecule has 1 N–H and O–H groups in total. The summed E-state index contributed by atoms with van der Waals surface area (Å²) in [7, 11) is 0. The number of allylic oxidation sites excluding steroid dienone is 1. The van der Waals surface area contributed by atoms with Gasteiger partial charge in [0.25, 0.3) is 0 Å². The molecule has 0 spiro atoms. The average Bonchev–Trinajstić information content (AvgIpc) is 2.58. The lowest BCUT2D eigenvalue weighted by Gasteiger charge is -2.35. The number of esters is 1. The monoisotopic (exact) mass is 394 g/mol. The molecular weight excluding hydrogens is 372 g/mol. The van der Waals surface area contributed by atoms with Crippen LogP contribution in [0.3, 0.4) is 0 Å². The predicted octanol–water partition coefficient (Wildman–Crippen LogP) is 3.77. The second kappa shape index (κ2) is 8.87. The smallest absolute Gasteiger partial charge is 0.338 e. The molecule has 2 amide bonds. The van der Waals surface area contributed by atoms with Crippen LogP contribution in [0.25, 0.3) is 0 Å². The molecule has 6 heteroatoms. The lowest BCUT2D eigenvalue weighted by atomic mass is 9.95. The summed E-state index contributed by atoms with van der Waals surface area (Å²) in [5.74, 6) is -0.380. The Kier molecular flexibility index (Phi) is 6.85. The van der Waals surface area contributed by atoms with Crippen LogP contribution in [0.5, 0.6) is 0 Å². The van der Waals surface area contributed by atoms with Crippen LogP contribution in [0.2, 0.25) is 0 Å². The van der Waals surface area contributed by atoms with Gasteiger partial charge in [-0.25, -0.2) is 9.59 Å². The quantitative estimate of drug-likeness (QED) is 0.435. The van der Waals surface area contributed by atoms with E-state index in [1.54, 1.807) is 11.8 Å². The van der Waals surface area contributed by atoms with Crippen LogP contribution in [0.15, 0.2) is 41.6 Å². The van der Waals surface area contributed by atoms with E-state index < -0.39 is 6.04 Å². The summed E-state index contributed by atoms with van der Waals surface area (Å²) in [4.78, 5) is 26.7. The molecule has 5 nitrogen and oxygen atoms in total. The van der Waals surface area contributed by atoms with Crippen molar-refractivity contribution in [3.63, 3.8) is 0 Å². The molecule has 1 aromatic rings. The van der Waals surface area contributed by atoms with E-state index in [4.69, 9.17) is 4.74 Å². The topological polar surface area (TPSA) is 58.6 Å². The Morgan fingerprint density at radius 3 is 2.62 bits per heavy atom. The molecule has 1 aliphatic rings. The van der Waals surface area contributed by atoms with Crippen LogP contribution < -0.4 is 5.32 Å². The fourth-order valence-electron chi connectivity index (χ4n) is 2.78. The van der Waals surface area contributed by atoms with Crippen molar-refractivity contribution in [2.75, 3.05) is 18.5 Å². The molecule has 24 heavy (non-hydrogen) atoms. The summed E-state index contributed by atoms with van der Waals surface area (Å²) in [6, 6.07) is 8.83. The number of rotatable bonds is 7. The van der Waals surface area contributed by atoms with Crippen LogP contribution in [-0.4, -0.2) is 35.4 Å². The molecular formula is C18H23BrN2O3. The number of nitrogens with zero attached hydrogens (tertiary/aromatic N) is 1. The van der Waals surface area contributed by atoms with Gasteiger partial charge in [-0.15, -0.1) is 0 Å². The number of amides is 2. The van der Waals surface area contributed by atoms with E-state index in [0.29, 0.717) is 24.4 Å². The van der Waals surface area contributed by atoms with Gasteiger partial charge in [0.2, 0.25) is 0 Å². The number of alkyl halides is 1. The van der Waals surface area contributed by atoms with Crippen LogP contribution in [0, 0.1) is 0 Å². The van der Waals surface area contributed by atoms with E-state index in [9.17, 15) is 9.59 Å². The SMILES string of the molecule is CCOC(=O)C1=C(C)N(CCCCBr)C(=O)NC1c1ccccc1. The highest BCUT2D eigenvalue weighted by Crippen LogP contribution is 2.31. The Morgan fingerprint density at radius 2 is 2.00 bits per heavy atom. The van der Waals surface area contributed by atoms with Crippen molar-refractivity contribution in [3.8, 4) is 0 Å². The predicted molar refractivity (Wildman–Crippen MR) is 96.8 cm³/mol. The average molecular weight is 395 g/mol. The molecule has 2 rings (SSSR count). The molecule has 1 unspecified atom stereocenters. The minimum atomic E-state index is -0.481. The zero-order valence-electron chi connectivity index (χ0n) is 14.0. The summed E-state index contributed by atoms with van der Waals surface area (Å²) >= 11 is 3.40. The largest absolute Gasteiger partial charge is 0.463 e. The van der Waals surface area contributed by atoms with Gasteiger partial charge in [-0.1, -0.05) is 46.3 Å². The van der Waals surface area contributed by atoms with Gasteiger partial charge < -0.3 is 10.1 Å².